The number of nitrogens with zero attached hydrogens (tertiary/aromatic N) is 3. The number of pyridine rings is 2. The van der Waals surface area contributed by atoms with Gasteiger partial charge >= 0.3 is 0 Å². The summed E-state index contributed by atoms with van der Waals surface area (Å²) in [4.78, 5) is 9.05. The molecule has 3 aromatic heterocycles. The van der Waals surface area contributed by atoms with Gasteiger partial charge < -0.3 is 20.1 Å². The van der Waals surface area contributed by atoms with Crippen LogP contribution in [0, 0.1) is 0 Å². The van der Waals surface area contributed by atoms with Crippen molar-refractivity contribution in [2.45, 2.75) is 13.5 Å². The Morgan fingerprint density at radius 2 is 2.00 bits per heavy atom. The SMILES string of the molecule is CCn1cc2nc3c(-c4cccnc4OC)cccc3c(N)c2c1O. The lowest BCUT2D eigenvalue weighted by Crippen LogP contribution is -1.95. The molecule has 0 aliphatic carbocycles. The largest absolute Gasteiger partial charge is 0.494 e. The predicted octanol–water partition coefficient (Wildman–Crippen LogP) is 3.57. The van der Waals surface area contributed by atoms with E-state index < -0.39 is 0 Å². The number of fused-ring (bicyclic) bond motifs is 2. The molecule has 0 saturated carbocycles. The topological polar surface area (TPSA) is 86.2 Å². The highest BCUT2D eigenvalue weighted by molar-refractivity contribution is 6.12. The van der Waals surface area contributed by atoms with Crippen molar-refractivity contribution >= 4 is 27.5 Å². The van der Waals surface area contributed by atoms with E-state index in [4.69, 9.17) is 15.5 Å². The molecule has 126 valence electrons. The first-order chi connectivity index (χ1) is 12.2. The van der Waals surface area contributed by atoms with Crippen LogP contribution < -0.4 is 10.5 Å². The first-order valence-electron chi connectivity index (χ1n) is 8.05. The predicted molar refractivity (Wildman–Crippen MR) is 98.8 cm³/mol. The number of rotatable bonds is 3. The second kappa shape index (κ2) is 5.66. The quantitative estimate of drug-likeness (QED) is 0.598. The summed E-state index contributed by atoms with van der Waals surface area (Å²) in [7, 11) is 1.59. The molecule has 4 rings (SSSR count). The summed E-state index contributed by atoms with van der Waals surface area (Å²) in [6.45, 7) is 2.60. The van der Waals surface area contributed by atoms with Gasteiger partial charge in [-0.3, -0.25) is 0 Å². The van der Waals surface area contributed by atoms with E-state index in [2.05, 4.69) is 4.98 Å². The standard InChI is InChI=1S/C19H18N4O2/c1-3-23-10-14-15(19(23)24)16(20)13-7-4-6-11(17(13)22-14)12-8-5-9-21-18(12)25-2/h4-10,24H,3,20H2,1-2H3. The van der Waals surface area contributed by atoms with Crippen molar-refractivity contribution in [2.24, 2.45) is 0 Å². The third kappa shape index (κ3) is 2.18. The minimum absolute atomic E-state index is 0.147. The van der Waals surface area contributed by atoms with E-state index in [1.54, 1.807) is 17.9 Å². The number of nitrogens with two attached hydrogens (primary N) is 1. The first-order valence-corrected chi connectivity index (χ1v) is 8.05. The molecule has 6 nitrogen and oxygen atoms in total. The van der Waals surface area contributed by atoms with Gasteiger partial charge in [0.05, 0.1) is 29.2 Å². The van der Waals surface area contributed by atoms with Crippen molar-refractivity contribution in [1.82, 2.24) is 14.5 Å². The molecule has 0 bridgehead atoms. The van der Waals surface area contributed by atoms with Crippen LogP contribution in [0.4, 0.5) is 5.69 Å². The monoisotopic (exact) mass is 334 g/mol. The van der Waals surface area contributed by atoms with Gasteiger partial charge in [0.15, 0.2) is 0 Å². The van der Waals surface area contributed by atoms with Crippen LogP contribution in [0.15, 0.2) is 42.7 Å². The fourth-order valence-corrected chi connectivity index (χ4v) is 3.23. The molecule has 4 aromatic rings. The van der Waals surface area contributed by atoms with Crippen LogP contribution in [0.3, 0.4) is 0 Å². The van der Waals surface area contributed by atoms with Gasteiger partial charge in [-0.15, -0.1) is 0 Å². The van der Waals surface area contributed by atoms with E-state index in [9.17, 15) is 5.11 Å². The van der Waals surface area contributed by atoms with Gasteiger partial charge in [0, 0.05) is 35.5 Å². The van der Waals surface area contributed by atoms with Crippen LogP contribution in [-0.4, -0.2) is 26.8 Å². The number of aromatic nitrogens is 3. The maximum atomic E-state index is 10.4. The van der Waals surface area contributed by atoms with E-state index >= 15 is 0 Å². The number of hydrogen-bond donors (Lipinski definition) is 2. The molecule has 25 heavy (non-hydrogen) atoms. The Balaban J connectivity index is 2.11. The van der Waals surface area contributed by atoms with E-state index in [0.717, 1.165) is 22.0 Å². The van der Waals surface area contributed by atoms with Crippen LogP contribution in [-0.2, 0) is 6.54 Å². The van der Waals surface area contributed by atoms with Crippen LogP contribution >= 0.6 is 0 Å². The number of nitrogen functional groups attached to an aromatic ring is 1. The Labute approximate surface area is 144 Å². The van der Waals surface area contributed by atoms with Crippen molar-refractivity contribution in [3.05, 3.63) is 42.7 Å². The molecule has 3 N–H and O–H groups in total. The first kappa shape index (κ1) is 15.3. The molecule has 0 aliphatic rings. The van der Waals surface area contributed by atoms with Gasteiger partial charge in [0.2, 0.25) is 11.8 Å². The van der Waals surface area contributed by atoms with Crippen molar-refractivity contribution in [3.63, 3.8) is 0 Å². The summed E-state index contributed by atoms with van der Waals surface area (Å²) in [6.07, 6.45) is 3.50. The number of anilines is 1. The highest BCUT2D eigenvalue weighted by atomic mass is 16.5. The zero-order chi connectivity index (χ0) is 17.6. The lowest BCUT2D eigenvalue weighted by Gasteiger charge is -2.11. The Kier molecular flexibility index (Phi) is 3.46. The highest BCUT2D eigenvalue weighted by Gasteiger charge is 2.18. The van der Waals surface area contributed by atoms with Crippen LogP contribution in [0.2, 0.25) is 0 Å². The molecular weight excluding hydrogens is 316 g/mol. The van der Waals surface area contributed by atoms with Crippen molar-refractivity contribution < 1.29 is 9.84 Å². The van der Waals surface area contributed by atoms with Crippen molar-refractivity contribution in [3.8, 4) is 22.9 Å². The van der Waals surface area contributed by atoms with E-state index in [0.29, 0.717) is 29.0 Å². The normalized spacial score (nSPS) is 11.3. The zero-order valence-corrected chi connectivity index (χ0v) is 14.0. The van der Waals surface area contributed by atoms with Gasteiger partial charge in [-0.05, 0) is 19.1 Å². The van der Waals surface area contributed by atoms with E-state index in [1.165, 1.54) is 0 Å². The van der Waals surface area contributed by atoms with E-state index in [-0.39, 0.29) is 5.88 Å². The van der Waals surface area contributed by atoms with Gasteiger partial charge in [-0.1, -0.05) is 18.2 Å². The molecule has 0 aliphatic heterocycles. The smallest absolute Gasteiger partial charge is 0.221 e. The van der Waals surface area contributed by atoms with Crippen molar-refractivity contribution in [1.29, 1.82) is 0 Å². The average molecular weight is 334 g/mol. The number of aromatic hydroxyl groups is 1. The lowest BCUT2D eigenvalue weighted by molar-refractivity contribution is 0.400. The maximum Gasteiger partial charge on any atom is 0.221 e. The fourth-order valence-electron chi connectivity index (χ4n) is 3.23. The number of methoxy groups -OCH3 is 1. The molecule has 0 unspecified atom stereocenters. The third-order valence-electron chi connectivity index (χ3n) is 4.45. The van der Waals surface area contributed by atoms with Gasteiger partial charge in [0.25, 0.3) is 0 Å². The highest BCUT2D eigenvalue weighted by Crippen LogP contribution is 2.40. The van der Waals surface area contributed by atoms with Crippen LogP contribution in [0.5, 0.6) is 11.8 Å². The second-order valence-corrected chi connectivity index (χ2v) is 5.79. The molecule has 0 fully saturated rings. The fraction of sp³-hybridized carbons (Fsp3) is 0.158. The molecule has 0 radical (unpaired) electrons. The molecule has 0 spiro atoms. The molecule has 0 saturated heterocycles. The zero-order valence-electron chi connectivity index (χ0n) is 14.0. The van der Waals surface area contributed by atoms with Gasteiger partial charge in [-0.2, -0.15) is 0 Å². The summed E-state index contributed by atoms with van der Waals surface area (Å²) >= 11 is 0. The minimum atomic E-state index is 0.147. The maximum absolute atomic E-state index is 10.4. The van der Waals surface area contributed by atoms with Gasteiger partial charge in [0.1, 0.15) is 0 Å². The van der Waals surface area contributed by atoms with Crippen molar-refractivity contribution in [2.75, 3.05) is 12.8 Å². The molecule has 0 atom stereocenters. The number of ether oxygens (including phenoxy) is 1. The molecule has 6 heteroatoms. The number of aryl methyl sites for hydroxylation is 1. The lowest BCUT2D eigenvalue weighted by atomic mass is 10.0. The second-order valence-electron chi connectivity index (χ2n) is 5.79. The Bertz CT molecular complexity index is 1100. The average Bonchev–Trinajstić information content (AvgIpc) is 2.97. The Morgan fingerprint density at radius 3 is 2.76 bits per heavy atom. The van der Waals surface area contributed by atoms with Crippen LogP contribution in [0.1, 0.15) is 6.92 Å². The molecule has 3 heterocycles. The number of para-hydroxylation sites is 1. The number of hydrogen-bond acceptors (Lipinski definition) is 5. The summed E-state index contributed by atoms with van der Waals surface area (Å²) in [5, 5.41) is 11.8. The molecule has 0 amide bonds. The summed E-state index contributed by atoms with van der Waals surface area (Å²) < 4.78 is 7.13. The minimum Gasteiger partial charge on any atom is -0.494 e. The Morgan fingerprint density at radius 1 is 1.20 bits per heavy atom. The van der Waals surface area contributed by atoms with E-state index in [1.807, 2.05) is 43.5 Å². The third-order valence-corrected chi connectivity index (χ3v) is 4.45. The summed E-state index contributed by atoms with van der Waals surface area (Å²) in [5.41, 5.74) is 10.1. The van der Waals surface area contributed by atoms with Gasteiger partial charge in [-0.25, -0.2) is 9.97 Å². The van der Waals surface area contributed by atoms with Crippen LogP contribution in [0.25, 0.3) is 32.9 Å². The number of benzene rings is 1. The molecule has 1 aromatic carbocycles. The summed E-state index contributed by atoms with van der Waals surface area (Å²) in [6, 6.07) is 9.60. The summed E-state index contributed by atoms with van der Waals surface area (Å²) in [5.74, 6) is 0.679. The molecular formula is C19H18N4O2. The Hall–Kier alpha value is -3.28.